The number of aromatic nitrogens is 2. The highest BCUT2D eigenvalue weighted by molar-refractivity contribution is 6.33. The molecule has 1 aliphatic rings. The molecule has 29 heavy (non-hydrogen) atoms. The Hall–Kier alpha value is -2.63. The summed E-state index contributed by atoms with van der Waals surface area (Å²) in [6.07, 6.45) is 7.77. The van der Waals surface area contributed by atoms with Gasteiger partial charge < -0.3 is 16.4 Å². The Morgan fingerprint density at radius 1 is 0.966 bits per heavy atom. The van der Waals surface area contributed by atoms with Gasteiger partial charge in [0, 0.05) is 36.6 Å². The van der Waals surface area contributed by atoms with Crippen LogP contribution >= 0.6 is 11.6 Å². The molecule has 0 bridgehead atoms. The summed E-state index contributed by atoms with van der Waals surface area (Å²) in [4.78, 5) is 8.91. The fourth-order valence-electron chi connectivity index (χ4n) is 3.69. The smallest absolute Gasteiger partial charge is 0.126 e. The SMILES string of the molecule is NC1CCC(Nc2cc(-c3ccnc(NCc4ccccc4)c3)c(Cl)cn2)CC1. The number of pyridine rings is 2. The molecule has 1 aliphatic carbocycles. The summed E-state index contributed by atoms with van der Waals surface area (Å²) >= 11 is 6.47. The fourth-order valence-corrected chi connectivity index (χ4v) is 3.91. The number of benzene rings is 1. The lowest BCUT2D eigenvalue weighted by Gasteiger charge is -2.27. The second kappa shape index (κ2) is 9.25. The topological polar surface area (TPSA) is 75.9 Å². The first-order chi connectivity index (χ1) is 14.2. The van der Waals surface area contributed by atoms with E-state index in [-0.39, 0.29) is 0 Å². The van der Waals surface area contributed by atoms with Gasteiger partial charge in [0.05, 0.1) is 5.02 Å². The average Bonchev–Trinajstić information content (AvgIpc) is 2.76. The average molecular weight is 408 g/mol. The number of hydrogen-bond donors (Lipinski definition) is 3. The van der Waals surface area contributed by atoms with Crippen LogP contribution < -0.4 is 16.4 Å². The third-order valence-corrected chi connectivity index (χ3v) is 5.67. The quantitative estimate of drug-likeness (QED) is 0.530. The highest BCUT2D eigenvalue weighted by Gasteiger charge is 2.19. The third-order valence-electron chi connectivity index (χ3n) is 5.37. The Balaban J connectivity index is 1.48. The molecule has 1 fully saturated rings. The van der Waals surface area contributed by atoms with Gasteiger partial charge in [-0.25, -0.2) is 9.97 Å². The zero-order valence-electron chi connectivity index (χ0n) is 16.3. The summed E-state index contributed by atoms with van der Waals surface area (Å²) in [6, 6.07) is 17.0. The largest absolute Gasteiger partial charge is 0.367 e. The van der Waals surface area contributed by atoms with E-state index in [1.807, 2.05) is 36.4 Å². The van der Waals surface area contributed by atoms with Gasteiger partial charge in [0.15, 0.2) is 0 Å². The fraction of sp³-hybridized carbons (Fsp3) is 0.304. The van der Waals surface area contributed by atoms with Crippen LogP contribution in [0.15, 0.2) is 60.9 Å². The van der Waals surface area contributed by atoms with E-state index in [1.54, 1.807) is 12.4 Å². The van der Waals surface area contributed by atoms with Gasteiger partial charge >= 0.3 is 0 Å². The van der Waals surface area contributed by atoms with Gasteiger partial charge in [0.1, 0.15) is 11.6 Å². The van der Waals surface area contributed by atoms with E-state index >= 15 is 0 Å². The van der Waals surface area contributed by atoms with Gasteiger partial charge in [-0.2, -0.15) is 0 Å². The molecule has 2 heterocycles. The molecule has 6 heteroatoms. The van der Waals surface area contributed by atoms with Crippen LogP contribution in [0.4, 0.5) is 11.6 Å². The van der Waals surface area contributed by atoms with Crippen molar-refractivity contribution in [2.75, 3.05) is 10.6 Å². The van der Waals surface area contributed by atoms with E-state index < -0.39 is 0 Å². The Kier molecular flexibility index (Phi) is 6.27. The van der Waals surface area contributed by atoms with Crippen molar-refractivity contribution in [2.45, 2.75) is 44.3 Å². The summed E-state index contributed by atoms with van der Waals surface area (Å²) < 4.78 is 0. The molecule has 1 saturated carbocycles. The van der Waals surface area contributed by atoms with Crippen molar-refractivity contribution >= 4 is 23.2 Å². The first-order valence-electron chi connectivity index (χ1n) is 10.1. The van der Waals surface area contributed by atoms with Crippen molar-refractivity contribution in [1.82, 2.24) is 9.97 Å². The maximum Gasteiger partial charge on any atom is 0.126 e. The first kappa shape index (κ1) is 19.7. The molecule has 3 aromatic rings. The maximum absolute atomic E-state index is 6.47. The number of nitrogens with zero attached hydrogens (tertiary/aromatic N) is 2. The standard InChI is InChI=1S/C23H26ClN5/c24-21-15-28-23(29-19-8-6-18(25)7-9-19)13-20(21)17-10-11-26-22(12-17)27-14-16-4-2-1-3-5-16/h1-5,10-13,15,18-19H,6-9,14,25H2,(H,26,27)(H,28,29). The van der Waals surface area contributed by atoms with Crippen LogP contribution in [0, 0.1) is 0 Å². The van der Waals surface area contributed by atoms with Crippen molar-refractivity contribution in [2.24, 2.45) is 5.73 Å². The van der Waals surface area contributed by atoms with E-state index in [2.05, 4.69) is 32.7 Å². The highest BCUT2D eigenvalue weighted by Crippen LogP contribution is 2.31. The number of hydrogen-bond acceptors (Lipinski definition) is 5. The Morgan fingerprint density at radius 3 is 2.55 bits per heavy atom. The van der Waals surface area contributed by atoms with Crippen LogP contribution in [0.25, 0.3) is 11.1 Å². The summed E-state index contributed by atoms with van der Waals surface area (Å²) in [6.45, 7) is 0.720. The van der Waals surface area contributed by atoms with Crippen LogP contribution in [0.3, 0.4) is 0 Å². The van der Waals surface area contributed by atoms with Crippen LogP contribution in [0.2, 0.25) is 5.02 Å². The molecule has 0 spiro atoms. The van der Waals surface area contributed by atoms with E-state index in [0.29, 0.717) is 17.1 Å². The van der Waals surface area contributed by atoms with Crippen molar-refractivity contribution in [1.29, 1.82) is 0 Å². The minimum absolute atomic E-state index is 0.334. The molecule has 0 unspecified atom stereocenters. The summed E-state index contributed by atoms with van der Waals surface area (Å²) in [5.74, 6) is 1.66. The lowest BCUT2D eigenvalue weighted by Crippen LogP contribution is -2.33. The molecule has 0 amide bonds. The van der Waals surface area contributed by atoms with Crippen molar-refractivity contribution in [3.8, 4) is 11.1 Å². The second-order valence-electron chi connectivity index (χ2n) is 7.57. The molecular weight excluding hydrogens is 382 g/mol. The zero-order chi connectivity index (χ0) is 20.1. The van der Waals surface area contributed by atoms with Gasteiger partial charge in [-0.1, -0.05) is 41.9 Å². The second-order valence-corrected chi connectivity index (χ2v) is 7.98. The molecule has 1 aromatic carbocycles. The predicted octanol–water partition coefficient (Wildman–Crippen LogP) is 5.09. The van der Waals surface area contributed by atoms with Gasteiger partial charge in [0.2, 0.25) is 0 Å². The molecule has 5 nitrogen and oxygen atoms in total. The number of nitrogens with two attached hydrogens (primary N) is 1. The van der Waals surface area contributed by atoms with Crippen LogP contribution in [-0.2, 0) is 6.54 Å². The van der Waals surface area contributed by atoms with Gasteiger partial charge in [-0.15, -0.1) is 0 Å². The lowest BCUT2D eigenvalue weighted by atomic mass is 9.92. The van der Waals surface area contributed by atoms with Crippen LogP contribution in [-0.4, -0.2) is 22.1 Å². The summed E-state index contributed by atoms with van der Waals surface area (Å²) in [7, 11) is 0. The van der Waals surface area contributed by atoms with Crippen LogP contribution in [0.1, 0.15) is 31.2 Å². The third kappa shape index (κ3) is 5.25. The molecule has 2 aromatic heterocycles. The molecule has 4 N–H and O–H groups in total. The van der Waals surface area contributed by atoms with Crippen LogP contribution in [0.5, 0.6) is 0 Å². The lowest BCUT2D eigenvalue weighted by molar-refractivity contribution is 0.410. The predicted molar refractivity (Wildman–Crippen MR) is 120 cm³/mol. The first-order valence-corrected chi connectivity index (χ1v) is 10.5. The highest BCUT2D eigenvalue weighted by atomic mass is 35.5. The molecule has 0 saturated heterocycles. The van der Waals surface area contributed by atoms with Crippen molar-refractivity contribution in [3.63, 3.8) is 0 Å². The Labute approximate surface area is 176 Å². The molecule has 150 valence electrons. The monoisotopic (exact) mass is 407 g/mol. The summed E-state index contributed by atoms with van der Waals surface area (Å²) in [5, 5.41) is 7.55. The molecule has 0 atom stereocenters. The summed E-state index contributed by atoms with van der Waals surface area (Å²) in [5.41, 5.74) is 9.18. The Morgan fingerprint density at radius 2 is 1.76 bits per heavy atom. The molecule has 4 rings (SSSR count). The molecular formula is C23H26ClN5. The minimum Gasteiger partial charge on any atom is -0.367 e. The minimum atomic E-state index is 0.334. The molecule has 0 aliphatic heterocycles. The molecule has 0 radical (unpaired) electrons. The zero-order valence-corrected chi connectivity index (χ0v) is 17.1. The number of rotatable bonds is 6. The van der Waals surface area contributed by atoms with E-state index in [4.69, 9.17) is 17.3 Å². The number of anilines is 2. The van der Waals surface area contributed by atoms with E-state index in [0.717, 1.165) is 55.0 Å². The van der Waals surface area contributed by atoms with Gasteiger partial charge in [0.25, 0.3) is 0 Å². The van der Waals surface area contributed by atoms with E-state index in [1.165, 1.54) is 5.56 Å². The van der Waals surface area contributed by atoms with Crippen molar-refractivity contribution < 1.29 is 0 Å². The van der Waals surface area contributed by atoms with Gasteiger partial charge in [-0.05, 0) is 55.0 Å². The number of nitrogens with one attached hydrogen (secondary N) is 2. The van der Waals surface area contributed by atoms with E-state index in [9.17, 15) is 0 Å². The normalized spacial score (nSPS) is 19.0. The van der Waals surface area contributed by atoms with Crippen molar-refractivity contribution in [3.05, 3.63) is 71.5 Å². The van der Waals surface area contributed by atoms with Gasteiger partial charge in [-0.3, -0.25) is 0 Å². The Bertz CT molecular complexity index is 939. The number of halogens is 1. The maximum atomic E-state index is 6.47.